The Balaban J connectivity index is 0.000000187. The first kappa shape index (κ1) is 20.8. The monoisotopic (exact) mass is 362 g/mol. The average Bonchev–Trinajstić information content (AvgIpc) is 3.15. The van der Waals surface area contributed by atoms with Crippen molar-refractivity contribution in [2.75, 3.05) is 0 Å². The van der Waals surface area contributed by atoms with Crippen molar-refractivity contribution in [3.8, 4) is 0 Å². The molecule has 2 nitrogen and oxygen atoms in total. The fraction of sp³-hybridized carbons (Fsp3) is 0.360. The van der Waals surface area contributed by atoms with Gasteiger partial charge in [-0.15, -0.1) is 0 Å². The van der Waals surface area contributed by atoms with Crippen LogP contribution in [0.3, 0.4) is 0 Å². The van der Waals surface area contributed by atoms with Crippen LogP contribution in [0.2, 0.25) is 0 Å². The first-order chi connectivity index (χ1) is 12.5. The molecule has 2 heterocycles. The highest BCUT2D eigenvalue weighted by molar-refractivity contribution is 5.87. The van der Waals surface area contributed by atoms with Gasteiger partial charge in [0.1, 0.15) is 0 Å². The van der Waals surface area contributed by atoms with E-state index < -0.39 is 0 Å². The van der Waals surface area contributed by atoms with E-state index in [4.69, 9.17) is 0 Å². The van der Waals surface area contributed by atoms with Crippen LogP contribution in [0.1, 0.15) is 43.5 Å². The smallest absolute Gasteiger partial charge is 0.0483 e. The Hall–Kier alpha value is -2.48. The van der Waals surface area contributed by atoms with Crippen LogP contribution in [-0.2, 0) is 26.9 Å². The molecule has 0 atom stereocenters. The molecule has 0 saturated heterocycles. The van der Waals surface area contributed by atoms with E-state index in [0.29, 0.717) is 0 Å². The van der Waals surface area contributed by atoms with E-state index in [9.17, 15) is 0 Å². The van der Waals surface area contributed by atoms with Gasteiger partial charge >= 0.3 is 0 Å². The highest BCUT2D eigenvalue weighted by atomic mass is 14.9. The lowest BCUT2D eigenvalue weighted by Crippen LogP contribution is -1.83. The Morgan fingerprint density at radius 2 is 1.04 bits per heavy atom. The molecule has 144 valence electrons. The average molecular weight is 363 g/mol. The molecule has 0 aliphatic heterocycles. The molecule has 0 saturated carbocycles. The summed E-state index contributed by atoms with van der Waals surface area (Å²) in [6.45, 7) is 8.78. The van der Waals surface area contributed by atoms with E-state index in [1.165, 1.54) is 44.1 Å². The molecule has 0 N–H and O–H groups in total. The van der Waals surface area contributed by atoms with E-state index in [1.807, 2.05) is 0 Å². The van der Waals surface area contributed by atoms with Crippen LogP contribution in [0.25, 0.3) is 21.8 Å². The number of rotatable bonds is 2. The third-order valence-electron chi connectivity index (χ3n) is 5.36. The summed E-state index contributed by atoms with van der Waals surface area (Å²) in [6, 6.07) is 13.0. The molecule has 2 heteroatoms. The van der Waals surface area contributed by atoms with Crippen LogP contribution >= 0.6 is 0 Å². The quantitative estimate of drug-likeness (QED) is 0.374. The number of hydrogen-bond donors (Lipinski definition) is 0. The number of aryl methyl sites for hydroxylation is 6. The summed E-state index contributed by atoms with van der Waals surface area (Å²) in [5, 5.41) is 2.88. The lowest BCUT2D eigenvalue weighted by Gasteiger charge is -1.99. The zero-order chi connectivity index (χ0) is 18.8. The molecule has 4 rings (SSSR count). The van der Waals surface area contributed by atoms with Gasteiger partial charge in [0.25, 0.3) is 0 Å². The summed E-state index contributed by atoms with van der Waals surface area (Å²) in [6.07, 6.45) is 6.69. The summed E-state index contributed by atoms with van der Waals surface area (Å²) >= 11 is 0. The Kier molecular flexibility index (Phi) is 6.54. The third-order valence-corrected chi connectivity index (χ3v) is 5.36. The second-order valence-electron chi connectivity index (χ2n) is 7.18. The lowest BCUT2D eigenvalue weighted by atomic mass is 10.1. The summed E-state index contributed by atoms with van der Waals surface area (Å²) in [7, 11) is 4.22. The minimum Gasteiger partial charge on any atom is -0.350 e. The van der Waals surface area contributed by atoms with E-state index in [-0.39, 0.29) is 7.43 Å². The molecular weight excluding hydrogens is 328 g/mol. The molecule has 4 aromatic rings. The Bertz CT molecular complexity index is 961. The summed E-state index contributed by atoms with van der Waals surface area (Å²) in [5.41, 5.74) is 8.37. The van der Waals surface area contributed by atoms with Gasteiger partial charge in [-0.3, -0.25) is 0 Å². The van der Waals surface area contributed by atoms with Crippen molar-refractivity contribution in [2.24, 2.45) is 14.1 Å². The van der Waals surface area contributed by atoms with Crippen molar-refractivity contribution in [1.82, 2.24) is 9.13 Å². The van der Waals surface area contributed by atoms with Crippen LogP contribution < -0.4 is 0 Å². The summed E-state index contributed by atoms with van der Waals surface area (Å²) in [5.74, 6) is 0. The van der Waals surface area contributed by atoms with Gasteiger partial charge in [-0.05, 0) is 61.1 Å². The van der Waals surface area contributed by atoms with Gasteiger partial charge < -0.3 is 9.13 Å². The van der Waals surface area contributed by atoms with E-state index in [2.05, 4.69) is 99.7 Å². The van der Waals surface area contributed by atoms with Crippen molar-refractivity contribution in [1.29, 1.82) is 0 Å². The maximum Gasteiger partial charge on any atom is 0.0483 e. The molecule has 0 aliphatic carbocycles. The topological polar surface area (TPSA) is 9.86 Å². The highest BCUT2D eigenvalue weighted by Crippen LogP contribution is 2.25. The van der Waals surface area contributed by atoms with E-state index >= 15 is 0 Å². The Labute approximate surface area is 164 Å². The van der Waals surface area contributed by atoms with Crippen molar-refractivity contribution in [3.63, 3.8) is 0 Å². The SMILES string of the molecule is C.CCc1cn(C)c2cccc(C)c12.CCc1cn(C)c2cccc(C)c12. The fourth-order valence-corrected chi connectivity index (χ4v) is 4.00. The number of nitrogens with zero attached hydrogens (tertiary/aromatic N) is 2. The van der Waals surface area contributed by atoms with Crippen molar-refractivity contribution < 1.29 is 0 Å². The van der Waals surface area contributed by atoms with E-state index in [0.717, 1.165) is 12.8 Å². The molecule has 0 spiro atoms. The van der Waals surface area contributed by atoms with Gasteiger partial charge in [-0.25, -0.2) is 0 Å². The van der Waals surface area contributed by atoms with Gasteiger partial charge in [0.05, 0.1) is 0 Å². The first-order valence-electron chi connectivity index (χ1n) is 9.54. The zero-order valence-electron chi connectivity index (χ0n) is 16.9. The predicted octanol–water partition coefficient (Wildman–Crippen LogP) is 6.73. The fourth-order valence-electron chi connectivity index (χ4n) is 4.00. The molecule has 0 fully saturated rings. The van der Waals surface area contributed by atoms with Gasteiger partial charge in [-0.2, -0.15) is 0 Å². The molecule has 0 bridgehead atoms. The zero-order valence-corrected chi connectivity index (χ0v) is 16.9. The van der Waals surface area contributed by atoms with Crippen molar-refractivity contribution >= 4 is 21.8 Å². The van der Waals surface area contributed by atoms with Crippen LogP contribution in [0.15, 0.2) is 48.8 Å². The predicted molar refractivity (Wildman–Crippen MR) is 121 cm³/mol. The maximum atomic E-state index is 2.23. The molecule has 0 amide bonds. The molecule has 2 aromatic carbocycles. The Morgan fingerprint density at radius 1 is 0.667 bits per heavy atom. The maximum absolute atomic E-state index is 2.23. The Morgan fingerprint density at radius 3 is 1.37 bits per heavy atom. The molecule has 2 aromatic heterocycles. The van der Waals surface area contributed by atoms with Crippen LogP contribution in [0, 0.1) is 13.8 Å². The number of hydrogen-bond acceptors (Lipinski definition) is 0. The lowest BCUT2D eigenvalue weighted by molar-refractivity contribution is 0.954. The van der Waals surface area contributed by atoms with Crippen molar-refractivity contribution in [2.45, 2.75) is 48.0 Å². The third kappa shape index (κ3) is 3.80. The largest absolute Gasteiger partial charge is 0.350 e. The molecule has 27 heavy (non-hydrogen) atoms. The van der Waals surface area contributed by atoms with Crippen LogP contribution in [0.5, 0.6) is 0 Å². The second-order valence-corrected chi connectivity index (χ2v) is 7.18. The highest BCUT2D eigenvalue weighted by Gasteiger charge is 2.06. The van der Waals surface area contributed by atoms with Crippen molar-refractivity contribution in [3.05, 3.63) is 71.0 Å². The number of fused-ring (bicyclic) bond motifs is 2. The summed E-state index contributed by atoms with van der Waals surface area (Å²) in [4.78, 5) is 0. The van der Waals surface area contributed by atoms with E-state index in [1.54, 1.807) is 0 Å². The minimum atomic E-state index is 0. The normalized spacial score (nSPS) is 10.6. The number of benzene rings is 2. The summed E-state index contributed by atoms with van der Waals surface area (Å²) < 4.78 is 4.42. The van der Waals surface area contributed by atoms with Gasteiger partial charge in [0.15, 0.2) is 0 Å². The van der Waals surface area contributed by atoms with Gasteiger partial charge in [-0.1, -0.05) is 45.5 Å². The van der Waals surface area contributed by atoms with Gasteiger partial charge in [0.2, 0.25) is 0 Å². The van der Waals surface area contributed by atoms with Gasteiger partial charge in [0, 0.05) is 48.3 Å². The van der Waals surface area contributed by atoms with Crippen LogP contribution in [0.4, 0.5) is 0 Å². The standard InChI is InChI=1S/2C12H15N.CH4/c2*1-4-10-8-13(3)11-7-5-6-9(2)12(10)11;/h2*5-8H,4H2,1-3H3;1H4. The van der Waals surface area contributed by atoms with Crippen LogP contribution in [-0.4, -0.2) is 9.13 Å². The second kappa shape index (κ2) is 8.47. The molecule has 0 unspecified atom stereocenters. The molecular formula is C25H34N2. The molecule has 0 aliphatic rings. The minimum absolute atomic E-state index is 0. The molecule has 0 radical (unpaired) electrons. The number of aromatic nitrogens is 2. The first-order valence-corrected chi connectivity index (χ1v) is 9.54.